The van der Waals surface area contributed by atoms with Crippen molar-refractivity contribution >= 4 is 55.9 Å². The minimum Gasteiger partial charge on any atom is -0.477 e. The highest BCUT2D eigenvalue weighted by atomic mass is 35.5. The third-order valence-corrected chi connectivity index (χ3v) is 5.71. The maximum atomic E-state index is 11.0. The molecule has 0 fully saturated rings. The van der Waals surface area contributed by atoms with E-state index < -0.39 is 5.97 Å². The maximum Gasteiger partial charge on any atom is 0.354 e. The van der Waals surface area contributed by atoms with Crippen molar-refractivity contribution < 1.29 is 14.6 Å². The monoisotopic (exact) mass is 445 g/mol. The minimum atomic E-state index is -1.11. The molecule has 0 bridgehead atoms. The van der Waals surface area contributed by atoms with Gasteiger partial charge in [-0.15, -0.1) is 0 Å². The number of anilines is 1. The fourth-order valence-electron chi connectivity index (χ4n) is 2.64. The Kier molecular flexibility index (Phi) is 5.53. The fourth-order valence-corrected chi connectivity index (χ4v) is 4.06. The molecule has 0 amide bonds. The van der Waals surface area contributed by atoms with E-state index in [2.05, 4.69) is 15.3 Å². The van der Waals surface area contributed by atoms with Crippen LogP contribution >= 0.6 is 34.5 Å². The molecule has 0 saturated heterocycles. The van der Waals surface area contributed by atoms with E-state index in [-0.39, 0.29) is 5.69 Å². The second kappa shape index (κ2) is 8.24. The average molecular weight is 446 g/mol. The summed E-state index contributed by atoms with van der Waals surface area (Å²) in [5.41, 5.74) is 1.55. The zero-order chi connectivity index (χ0) is 20.4. The molecule has 0 aliphatic carbocycles. The molecule has 4 aromatic rings. The van der Waals surface area contributed by atoms with Crippen molar-refractivity contribution in [2.45, 2.75) is 6.54 Å². The van der Waals surface area contributed by atoms with E-state index in [4.69, 9.17) is 33.0 Å². The fraction of sp³-hybridized carbons (Fsp3) is 0.0500. The molecule has 0 aliphatic rings. The molecule has 146 valence electrons. The lowest BCUT2D eigenvalue weighted by atomic mass is 10.2. The Bertz CT molecular complexity index is 1190. The summed E-state index contributed by atoms with van der Waals surface area (Å²) in [6.07, 6.45) is 1.39. The van der Waals surface area contributed by atoms with Crippen LogP contribution in [0, 0.1) is 0 Å². The van der Waals surface area contributed by atoms with Crippen molar-refractivity contribution in [3.63, 3.8) is 0 Å². The summed E-state index contributed by atoms with van der Waals surface area (Å²) in [5, 5.41) is 14.2. The molecule has 6 nitrogen and oxygen atoms in total. The largest absolute Gasteiger partial charge is 0.477 e. The van der Waals surface area contributed by atoms with E-state index in [0.29, 0.717) is 28.1 Å². The summed E-state index contributed by atoms with van der Waals surface area (Å²) < 4.78 is 6.69. The molecule has 29 heavy (non-hydrogen) atoms. The molecule has 4 rings (SSSR count). The Balaban J connectivity index is 1.52. The minimum absolute atomic E-state index is 0.0777. The molecule has 0 aliphatic heterocycles. The van der Waals surface area contributed by atoms with Crippen LogP contribution in [0.15, 0.2) is 54.7 Å². The number of carbonyl (C=O) groups is 1. The topological polar surface area (TPSA) is 84.3 Å². The number of carboxylic acids is 1. The molecule has 2 heterocycles. The zero-order valence-electron chi connectivity index (χ0n) is 14.7. The molecule has 2 aromatic heterocycles. The van der Waals surface area contributed by atoms with Crippen LogP contribution in [-0.2, 0) is 6.54 Å². The van der Waals surface area contributed by atoms with Crippen LogP contribution in [0.25, 0.3) is 10.2 Å². The highest BCUT2D eigenvalue weighted by molar-refractivity contribution is 7.22. The van der Waals surface area contributed by atoms with Crippen LogP contribution in [-0.4, -0.2) is 21.0 Å². The highest BCUT2D eigenvalue weighted by Crippen LogP contribution is 2.32. The van der Waals surface area contributed by atoms with Gasteiger partial charge in [-0.25, -0.2) is 14.8 Å². The van der Waals surface area contributed by atoms with Gasteiger partial charge in [-0.3, -0.25) is 0 Å². The van der Waals surface area contributed by atoms with E-state index in [1.54, 1.807) is 30.3 Å². The predicted octanol–water partition coefficient (Wildman–Crippen LogP) is 6.10. The van der Waals surface area contributed by atoms with Crippen LogP contribution in [0.4, 0.5) is 5.13 Å². The smallest absolute Gasteiger partial charge is 0.354 e. The van der Waals surface area contributed by atoms with Crippen molar-refractivity contribution in [2.24, 2.45) is 0 Å². The van der Waals surface area contributed by atoms with Gasteiger partial charge in [0.25, 0.3) is 0 Å². The van der Waals surface area contributed by atoms with Gasteiger partial charge in [0.15, 0.2) is 10.8 Å². The van der Waals surface area contributed by atoms with Gasteiger partial charge in [0.2, 0.25) is 0 Å². The van der Waals surface area contributed by atoms with E-state index in [1.165, 1.54) is 23.6 Å². The first-order valence-electron chi connectivity index (χ1n) is 8.44. The molecule has 0 spiro atoms. The number of benzene rings is 2. The molecule has 2 aromatic carbocycles. The summed E-state index contributed by atoms with van der Waals surface area (Å²) >= 11 is 13.9. The van der Waals surface area contributed by atoms with Gasteiger partial charge in [-0.1, -0.05) is 40.6 Å². The summed E-state index contributed by atoms with van der Waals surface area (Å²) in [6, 6.07) is 13.8. The number of carboxylic acid groups (broad SMARTS) is 1. The number of fused-ring (bicyclic) bond motifs is 1. The quantitative estimate of drug-likeness (QED) is 0.372. The number of rotatable bonds is 6. The lowest BCUT2D eigenvalue weighted by Gasteiger charge is -2.07. The third-order valence-electron chi connectivity index (χ3n) is 4.02. The average Bonchev–Trinajstić information content (AvgIpc) is 3.10. The van der Waals surface area contributed by atoms with Gasteiger partial charge in [-0.05, 0) is 30.3 Å². The number of ether oxygens (including phenoxy) is 1. The number of nitrogens with zero attached hydrogens (tertiary/aromatic N) is 2. The van der Waals surface area contributed by atoms with Crippen LogP contribution in [0.1, 0.15) is 16.1 Å². The summed E-state index contributed by atoms with van der Waals surface area (Å²) in [5.74, 6) is -0.139. The first kappa shape index (κ1) is 19.4. The van der Waals surface area contributed by atoms with Crippen LogP contribution < -0.4 is 10.1 Å². The van der Waals surface area contributed by atoms with Gasteiger partial charge in [0, 0.05) is 40.5 Å². The molecule has 0 atom stereocenters. The first-order chi connectivity index (χ1) is 14.0. The lowest BCUT2D eigenvalue weighted by molar-refractivity contribution is 0.0690. The van der Waals surface area contributed by atoms with Crippen molar-refractivity contribution in [1.82, 2.24) is 9.97 Å². The van der Waals surface area contributed by atoms with Gasteiger partial charge in [-0.2, -0.15) is 0 Å². The number of nitrogens with one attached hydrogen (secondary N) is 1. The zero-order valence-corrected chi connectivity index (χ0v) is 17.1. The standard InChI is InChI=1S/C20H13Cl2N3O3S/c21-14-2-1-3-15(22)13(14)10-24-20-25-16-5-4-11(9-18(16)29-20)28-12-6-7-23-17(8-12)19(26)27/h1-9H,10H2,(H,24,25)(H,26,27). The normalized spacial score (nSPS) is 10.8. The van der Waals surface area contributed by atoms with E-state index >= 15 is 0 Å². The molecule has 0 unspecified atom stereocenters. The Morgan fingerprint density at radius 3 is 2.62 bits per heavy atom. The van der Waals surface area contributed by atoms with E-state index in [9.17, 15) is 4.79 Å². The van der Waals surface area contributed by atoms with Crippen LogP contribution in [0.5, 0.6) is 11.5 Å². The Morgan fingerprint density at radius 1 is 1.10 bits per heavy atom. The molecule has 0 radical (unpaired) electrons. The highest BCUT2D eigenvalue weighted by Gasteiger charge is 2.10. The summed E-state index contributed by atoms with van der Waals surface area (Å²) in [7, 11) is 0. The predicted molar refractivity (Wildman–Crippen MR) is 115 cm³/mol. The van der Waals surface area contributed by atoms with Gasteiger partial charge >= 0.3 is 5.97 Å². The molecule has 9 heteroatoms. The van der Waals surface area contributed by atoms with Gasteiger partial charge in [0.1, 0.15) is 11.5 Å². The second-order valence-electron chi connectivity index (χ2n) is 5.99. The number of halogens is 2. The molecular formula is C20H13Cl2N3O3S. The molecule has 2 N–H and O–H groups in total. The van der Waals surface area contributed by atoms with Crippen molar-refractivity contribution in [3.8, 4) is 11.5 Å². The number of aromatic carboxylic acids is 1. The first-order valence-corrected chi connectivity index (χ1v) is 10.0. The Labute approximate surface area is 179 Å². The van der Waals surface area contributed by atoms with Gasteiger partial charge in [0.05, 0.1) is 10.2 Å². The van der Waals surface area contributed by atoms with Gasteiger partial charge < -0.3 is 15.2 Å². The molecule has 0 saturated carbocycles. The number of hydrogen-bond donors (Lipinski definition) is 2. The molecular weight excluding hydrogens is 433 g/mol. The SMILES string of the molecule is O=C(O)c1cc(Oc2ccc3nc(NCc4c(Cl)cccc4Cl)sc3c2)ccn1. The number of pyridine rings is 1. The second-order valence-corrected chi connectivity index (χ2v) is 7.83. The van der Waals surface area contributed by atoms with Crippen molar-refractivity contribution in [1.29, 1.82) is 0 Å². The van der Waals surface area contributed by atoms with Crippen LogP contribution in [0.2, 0.25) is 10.0 Å². The summed E-state index contributed by atoms with van der Waals surface area (Å²) in [6.45, 7) is 0.455. The van der Waals surface area contributed by atoms with Crippen LogP contribution in [0.3, 0.4) is 0 Å². The summed E-state index contributed by atoms with van der Waals surface area (Å²) in [4.78, 5) is 19.4. The maximum absolute atomic E-state index is 11.0. The van der Waals surface area contributed by atoms with Crippen molar-refractivity contribution in [2.75, 3.05) is 5.32 Å². The van der Waals surface area contributed by atoms with E-state index in [0.717, 1.165) is 20.9 Å². The number of hydrogen-bond acceptors (Lipinski definition) is 6. The van der Waals surface area contributed by atoms with E-state index in [1.807, 2.05) is 12.1 Å². The third kappa shape index (κ3) is 4.42. The Hall–Kier alpha value is -2.87. The Morgan fingerprint density at radius 2 is 1.86 bits per heavy atom. The van der Waals surface area contributed by atoms with Crippen molar-refractivity contribution in [3.05, 3.63) is 76.0 Å². The number of thiazole rings is 1. The number of aromatic nitrogens is 2. The lowest BCUT2D eigenvalue weighted by Crippen LogP contribution is -2.00.